The number of nitrogens with one attached hydrogen (secondary N) is 2. The molecule has 0 saturated heterocycles. The number of carbonyl (C=O) groups excluding carboxylic acids is 1. The van der Waals surface area contributed by atoms with Crippen molar-refractivity contribution in [1.82, 2.24) is 20.3 Å². The zero-order chi connectivity index (χ0) is 18.7. The van der Waals surface area contributed by atoms with E-state index in [0.717, 1.165) is 34.0 Å². The van der Waals surface area contributed by atoms with Crippen molar-refractivity contribution in [1.29, 1.82) is 0 Å². The summed E-state index contributed by atoms with van der Waals surface area (Å²) in [5, 5.41) is 4.07. The van der Waals surface area contributed by atoms with Crippen molar-refractivity contribution in [3.8, 4) is 0 Å². The van der Waals surface area contributed by atoms with Crippen LogP contribution in [0.25, 0.3) is 11.0 Å². The van der Waals surface area contributed by atoms with Crippen LogP contribution in [-0.4, -0.2) is 27.4 Å². The number of hydrogen-bond acceptors (Lipinski definition) is 5. The third-order valence-electron chi connectivity index (χ3n) is 4.61. The number of nitrogens with zero attached hydrogens (tertiary/aromatic N) is 2. The molecule has 2 aromatic heterocycles. The Morgan fingerprint density at radius 1 is 1.35 bits per heavy atom. The highest BCUT2D eigenvalue weighted by atomic mass is 32.1. The third-order valence-corrected chi connectivity index (χ3v) is 5.82. The molecule has 7 heteroatoms. The second kappa shape index (κ2) is 7.97. The monoisotopic (exact) mass is 371 g/mol. The van der Waals surface area contributed by atoms with E-state index in [1.54, 1.807) is 0 Å². The van der Waals surface area contributed by atoms with Crippen LogP contribution >= 0.6 is 11.3 Å². The van der Waals surface area contributed by atoms with Crippen molar-refractivity contribution in [2.75, 3.05) is 6.54 Å². The SMILES string of the molecule is CCC(C)C(NC(=O)c1sc(CCN)nc1C)c1nc2ccccc2[nH]1. The van der Waals surface area contributed by atoms with Gasteiger partial charge in [0.25, 0.3) is 5.91 Å². The molecule has 0 aliphatic heterocycles. The Hall–Kier alpha value is -2.25. The van der Waals surface area contributed by atoms with Gasteiger partial charge in [0, 0.05) is 6.42 Å². The summed E-state index contributed by atoms with van der Waals surface area (Å²) in [6.07, 6.45) is 1.62. The van der Waals surface area contributed by atoms with Crippen molar-refractivity contribution in [3.05, 3.63) is 45.7 Å². The summed E-state index contributed by atoms with van der Waals surface area (Å²) >= 11 is 1.42. The highest BCUT2D eigenvalue weighted by molar-refractivity contribution is 7.13. The van der Waals surface area contributed by atoms with E-state index in [1.807, 2.05) is 31.2 Å². The van der Waals surface area contributed by atoms with Gasteiger partial charge in [-0.3, -0.25) is 4.79 Å². The molecule has 0 saturated carbocycles. The molecule has 6 nitrogen and oxygen atoms in total. The predicted molar refractivity (Wildman–Crippen MR) is 105 cm³/mol. The van der Waals surface area contributed by atoms with Crippen LogP contribution in [0.5, 0.6) is 0 Å². The molecule has 0 spiro atoms. The molecular weight excluding hydrogens is 346 g/mol. The fraction of sp³-hybridized carbons (Fsp3) is 0.421. The number of benzene rings is 1. The maximum absolute atomic E-state index is 12.9. The molecule has 0 radical (unpaired) electrons. The Labute approximate surface area is 157 Å². The summed E-state index contributed by atoms with van der Waals surface area (Å²) in [5.74, 6) is 0.934. The van der Waals surface area contributed by atoms with Crippen LogP contribution in [0.2, 0.25) is 0 Å². The largest absolute Gasteiger partial charge is 0.341 e. The van der Waals surface area contributed by atoms with Gasteiger partial charge in [-0.15, -0.1) is 11.3 Å². The van der Waals surface area contributed by atoms with Crippen LogP contribution in [0.4, 0.5) is 0 Å². The zero-order valence-corrected chi connectivity index (χ0v) is 16.2. The number of thiazole rings is 1. The quantitative estimate of drug-likeness (QED) is 0.593. The summed E-state index contributed by atoms with van der Waals surface area (Å²) in [4.78, 5) is 26.0. The van der Waals surface area contributed by atoms with Crippen LogP contribution < -0.4 is 11.1 Å². The molecular formula is C19H25N5OS. The molecule has 2 heterocycles. The summed E-state index contributed by atoms with van der Waals surface area (Å²) in [7, 11) is 0. The highest BCUT2D eigenvalue weighted by Crippen LogP contribution is 2.26. The number of amides is 1. The Morgan fingerprint density at radius 2 is 2.12 bits per heavy atom. The first-order chi connectivity index (χ1) is 12.5. The predicted octanol–water partition coefficient (Wildman–Crippen LogP) is 3.35. The molecule has 2 atom stereocenters. The summed E-state index contributed by atoms with van der Waals surface area (Å²) in [6, 6.07) is 7.72. The van der Waals surface area contributed by atoms with E-state index in [0.29, 0.717) is 17.8 Å². The Bertz CT molecular complexity index is 867. The number of aryl methyl sites for hydroxylation is 1. The number of aromatic nitrogens is 3. The van der Waals surface area contributed by atoms with E-state index in [-0.39, 0.29) is 17.9 Å². The lowest BCUT2D eigenvalue weighted by Crippen LogP contribution is -2.33. The van der Waals surface area contributed by atoms with E-state index < -0.39 is 0 Å². The average Bonchev–Trinajstić information content (AvgIpc) is 3.22. The van der Waals surface area contributed by atoms with Gasteiger partial charge in [-0.1, -0.05) is 32.4 Å². The maximum Gasteiger partial charge on any atom is 0.263 e. The van der Waals surface area contributed by atoms with Gasteiger partial charge in [0.2, 0.25) is 0 Å². The molecule has 0 aliphatic carbocycles. The van der Waals surface area contributed by atoms with Gasteiger partial charge in [0.1, 0.15) is 10.7 Å². The van der Waals surface area contributed by atoms with Crippen LogP contribution in [0.15, 0.2) is 24.3 Å². The molecule has 3 rings (SSSR count). The standard InChI is InChI=1S/C19H25N5OS/c1-4-11(2)16(18-22-13-7-5-6-8-14(13)23-18)24-19(25)17-12(3)21-15(26-17)9-10-20/h5-8,11,16H,4,9-10,20H2,1-3H3,(H,22,23)(H,24,25). The van der Waals surface area contributed by atoms with Gasteiger partial charge in [-0.25, -0.2) is 9.97 Å². The number of nitrogens with two attached hydrogens (primary N) is 1. The van der Waals surface area contributed by atoms with Crippen molar-refractivity contribution in [2.45, 2.75) is 39.7 Å². The van der Waals surface area contributed by atoms with Gasteiger partial charge in [0.15, 0.2) is 0 Å². The molecule has 0 aliphatic rings. The lowest BCUT2D eigenvalue weighted by molar-refractivity contribution is 0.0924. The minimum atomic E-state index is -0.181. The Morgan fingerprint density at radius 3 is 2.81 bits per heavy atom. The fourth-order valence-corrected chi connectivity index (χ4v) is 3.92. The molecule has 3 aromatic rings. The summed E-state index contributed by atoms with van der Waals surface area (Å²) < 4.78 is 0. The first kappa shape index (κ1) is 18.5. The second-order valence-corrected chi connectivity index (χ2v) is 7.62. The summed E-state index contributed by atoms with van der Waals surface area (Å²) in [5.41, 5.74) is 8.24. The molecule has 4 N–H and O–H groups in total. The van der Waals surface area contributed by atoms with Gasteiger partial charge in [-0.2, -0.15) is 0 Å². The number of H-pyrrole nitrogens is 1. The van der Waals surface area contributed by atoms with Gasteiger partial charge < -0.3 is 16.0 Å². The smallest absolute Gasteiger partial charge is 0.263 e. The number of para-hydroxylation sites is 2. The van der Waals surface area contributed by atoms with Crippen LogP contribution in [-0.2, 0) is 6.42 Å². The number of hydrogen-bond donors (Lipinski definition) is 3. The van der Waals surface area contributed by atoms with Gasteiger partial charge in [-0.05, 0) is 31.5 Å². The first-order valence-corrected chi connectivity index (χ1v) is 9.77. The van der Waals surface area contributed by atoms with Crippen molar-refractivity contribution >= 4 is 28.3 Å². The van der Waals surface area contributed by atoms with Crippen LogP contribution in [0, 0.1) is 12.8 Å². The number of carbonyl (C=O) groups is 1. The summed E-state index contributed by atoms with van der Waals surface area (Å²) in [6.45, 7) is 6.63. The number of rotatable bonds is 7. The molecule has 2 unspecified atom stereocenters. The van der Waals surface area contributed by atoms with Crippen LogP contribution in [0.3, 0.4) is 0 Å². The molecule has 0 bridgehead atoms. The van der Waals surface area contributed by atoms with Gasteiger partial charge >= 0.3 is 0 Å². The minimum Gasteiger partial charge on any atom is -0.341 e. The fourth-order valence-electron chi connectivity index (χ4n) is 2.94. The number of fused-ring (bicyclic) bond motifs is 1. The topological polar surface area (TPSA) is 96.7 Å². The number of imidazole rings is 1. The Balaban J connectivity index is 1.87. The molecule has 1 amide bonds. The zero-order valence-electron chi connectivity index (χ0n) is 15.4. The second-order valence-electron chi connectivity index (χ2n) is 6.54. The molecule has 138 valence electrons. The lowest BCUT2D eigenvalue weighted by Gasteiger charge is -2.22. The normalized spacial score (nSPS) is 13.7. The molecule has 0 fully saturated rings. The molecule has 1 aromatic carbocycles. The van der Waals surface area contributed by atoms with E-state index >= 15 is 0 Å². The third kappa shape index (κ3) is 3.78. The van der Waals surface area contributed by atoms with E-state index in [9.17, 15) is 4.79 Å². The van der Waals surface area contributed by atoms with Crippen molar-refractivity contribution in [3.63, 3.8) is 0 Å². The van der Waals surface area contributed by atoms with Crippen molar-refractivity contribution < 1.29 is 4.79 Å². The average molecular weight is 372 g/mol. The van der Waals surface area contributed by atoms with Gasteiger partial charge in [0.05, 0.1) is 27.8 Å². The molecule has 26 heavy (non-hydrogen) atoms. The number of aromatic amines is 1. The van der Waals surface area contributed by atoms with E-state index in [1.165, 1.54) is 11.3 Å². The maximum atomic E-state index is 12.9. The van der Waals surface area contributed by atoms with Crippen molar-refractivity contribution in [2.24, 2.45) is 11.7 Å². The highest BCUT2D eigenvalue weighted by Gasteiger charge is 2.26. The lowest BCUT2D eigenvalue weighted by atomic mass is 9.98. The van der Waals surface area contributed by atoms with E-state index in [2.05, 4.69) is 34.1 Å². The first-order valence-electron chi connectivity index (χ1n) is 8.95. The van der Waals surface area contributed by atoms with Crippen LogP contribution in [0.1, 0.15) is 52.5 Å². The van der Waals surface area contributed by atoms with E-state index in [4.69, 9.17) is 5.73 Å². The Kier molecular flexibility index (Phi) is 5.68. The minimum absolute atomic E-state index is 0.103.